The zero-order valence-corrected chi connectivity index (χ0v) is 11.2. The van der Waals surface area contributed by atoms with Gasteiger partial charge in [-0.25, -0.2) is 0 Å². The molecule has 0 radical (unpaired) electrons. The summed E-state index contributed by atoms with van der Waals surface area (Å²) >= 11 is 0. The van der Waals surface area contributed by atoms with E-state index < -0.39 is 0 Å². The molecule has 0 aromatic heterocycles. The number of hydrogen-bond acceptors (Lipinski definition) is 3. The Morgan fingerprint density at radius 2 is 2.06 bits per heavy atom. The van der Waals surface area contributed by atoms with E-state index in [9.17, 15) is 4.79 Å². The second-order valence-electron chi connectivity index (χ2n) is 4.93. The molecule has 0 unspecified atom stereocenters. The lowest BCUT2D eigenvalue weighted by Gasteiger charge is -2.22. The van der Waals surface area contributed by atoms with E-state index in [0.29, 0.717) is 24.5 Å². The topological polar surface area (TPSA) is 58.6 Å². The summed E-state index contributed by atoms with van der Waals surface area (Å²) in [6, 6.07) is 7.13. The predicted octanol–water partition coefficient (Wildman–Crippen LogP) is 1.83. The van der Waals surface area contributed by atoms with Crippen LogP contribution in [-0.4, -0.2) is 30.8 Å². The first-order valence-electron chi connectivity index (χ1n) is 6.11. The standard InChI is InChI=1S/C14H21NO3/c1-4-18-12-8-6-5-7-11(12)13(17)15-9-14(2,3)10-16/h5-8,16H,4,9-10H2,1-3H3,(H,15,17). The lowest BCUT2D eigenvalue weighted by molar-refractivity contribution is 0.0907. The van der Waals surface area contributed by atoms with Gasteiger partial charge in [-0.05, 0) is 19.1 Å². The largest absolute Gasteiger partial charge is 0.493 e. The van der Waals surface area contributed by atoms with Gasteiger partial charge in [0.15, 0.2) is 0 Å². The molecule has 0 saturated heterocycles. The predicted molar refractivity (Wildman–Crippen MR) is 70.8 cm³/mol. The Morgan fingerprint density at radius 1 is 1.39 bits per heavy atom. The fraction of sp³-hybridized carbons (Fsp3) is 0.500. The quantitative estimate of drug-likeness (QED) is 0.811. The van der Waals surface area contributed by atoms with Crippen molar-refractivity contribution in [1.82, 2.24) is 5.32 Å². The molecular weight excluding hydrogens is 230 g/mol. The van der Waals surface area contributed by atoms with Crippen LogP contribution in [0.15, 0.2) is 24.3 Å². The lowest BCUT2D eigenvalue weighted by Crippen LogP contribution is -2.36. The Morgan fingerprint density at radius 3 is 2.67 bits per heavy atom. The van der Waals surface area contributed by atoms with Gasteiger partial charge < -0.3 is 15.2 Å². The molecule has 18 heavy (non-hydrogen) atoms. The highest BCUT2D eigenvalue weighted by molar-refractivity contribution is 5.96. The van der Waals surface area contributed by atoms with Gasteiger partial charge in [0.1, 0.15) is 5.75 Å². The number of nitrogens with one attached hydrogen (secondary N) is 1. The van der Waals surface area contributed by atoms with Crippen molar-refractivity contribution in [1.29, 1.82) is 0 Å². The zero-order chi connectivity index (χ0) is 13.6. The Hall–Kier alpha value is -1.55. The Labute approximate surface area is 108 Å². The van der Waals surface area contributed by atoms with Crippen molar-refractivity contribution in [2.75, 3.05) is 19.8 Å². The number of amides is 1. The van der Waals surface area contributed by atoms with Crippen LogP contribution in [0.25, 0.3) is 0 Å². The Balaban J connectivity index is 2.72. The van der Waals surface area contributed by atoms with Crippen LogP contribution in [0.3, 0.4) is 0 Å². The molecule has 0 spiro atoms. The Kier molecular flexibility index (Phi) is 5.16. The van der Waals surface area contributed by atoms with E-state index in [0.717, 1.165) is 0 Å². The molecule has 4 heteroatoms. The highest BCUT2D eigenvalue weighted by Gasteiger charge is 2.19. The fourth-order valence-corrected chi connectivity index (χ4v) is 1.41. The van der Waals surface area contributed by atoms with Crippen molar-refractivity contribution >= 4 is 5.91 Å². The van der Waals surface area contributed by atoms with E-state index in [1.165, 1.54) is 0 Å². The number of aliphatic hydroxyl groups excluding tert-OH is 1. The number of para-hydroxylation sites is 1. The van der Waals surface area contributed by atoms with Crippen LogP contribution >= 0.6 is 0 Å². The average Bonchev–Trinajstić information content (AvgIpc) is 2.37. The average molecular weight is 251 g/mol. The minimum Gasteiger partial charge on any atom is -0.493 e. The molecule has 4 nitrogen and oxygen atoms in total. The zero-order valence-electron chi connectivity index (χ0n) is 11.2. The second-order valence-corrected chi connectivity index (χ2v) is 4.93. The van der Waals surface area contributed by atoms with Crippen LogP contribution in [0.2, 0.25) is 0 Å². The highest BCUT2D eigenvalue weighted by atomic mass is 16.5. The maximum Gasteiger partial charge on any atom is 0.255 e. The summed E-state index contributed by atoms with van der Waals surface area (Å²) in [5, 5.41) is 12.0. The maximum absolute atomic E-state index is 12.0. The van der Waals surface area contributed by atoms with E-state index in [2.05, 4.69) is 5.32 Å². The fourth-order valence-electron chi connectivity index (χ4n) is 1.41. The third-order valence-electron chi connectivity index (χ3n) is 2.59. The molecular formula is C14H21NO3. The number of carbonyl (C=O) groups is 1. The molecule has 0 atom stereocenters. The molecule has 0 heterocycles. The molecule has 100 valence electrons. The number of aliphatic hydroxyl groups is 1. The van der Waals surface area contributed by atoms with Gasteiger partial charge in [-0.15, -0.1) is 0 Å². The van der Waals surface area contributed by atoms with Crippen LogP contribution in [0.4, 0.5) is 0 Å². The molecule has 0 bridgehead atoms. The molecule has 1 aromatic carbocycles. The lowest BCUT2D eigenvalue weighted by atomic mass is 9.95. The summed E-state index contributed by atoms with van der Waals surface area (Å²) in [7, 11) is 0. The third kappa shape index (κ3) is 4.04. The summed E-state index contributed by atoms with van der Waals surface area (Å²) in [6.45, 7) is 6.63. The van der Waals surface area contributed by atoms with Gasteiger partial charge in [0.25, 0.3) is 5.91 Å². The molecule has 2 N–H and O–H groups in total. The SMILES string of the molecule is CCOc1ccccc1C(=O)NCC(C)(C)CO. The maximum atomic E-state index is 12.0. The van der Waals surface area contributed by atoms with Gasteiger partial charge in [0, 0.05) is 18.6 Å². The van der Waals surface area contributed by atoms with Crippen LogP contribution in [0, 0.1) is 5.41 Å². The van der Waals surface area contributed by atoms with E-state index in [4.69, 9.17) is 9.84 Å². The van der Waals surface area contributed by atoms with Crippen LogP contribution in [0.1, 0.15) is 31.1 Å². The number of ether oxygens (including phenoxy) is 1. The third-order valence-corrected chi connectivity index (χ3v) is 2.59. The van der Waals surface area contributed by atoms with E-state index in [1.54, 1.807) is 18.2 Å². The van der Waals surface area contributed by atoms with E-state index in [-0.39, 0.29) is 17.9 Å². The van der Waals surface area contributed by atoms with Gasteiger partial charge in [-0.2, -0.15) is 0 Å². The number of hydrogen-bond donors (Lipinski definition) is 2. The summed E-state index contributed by atoms with van der Waals surface area (Å²) in [5.74, 6) is 0.403. The van der Waals surface area contributed by atoms with Crippen molar-refractivity contribution in [3.63, 3.8) is 0 Å². The minimum atomic E-state index is -0.323. The van der Waals surface area contributed by atoms with Crippen LogP contribution in [-0.2, 0) is 0 Å². The molecule has 0 aliphatic heterocycles. The first-order chi connectivity index (χ1) is 8.50. The van der Waals surface area contributed by atoms with Crippen molar-refractivity contribution in [3.8, 4) is 5.75 Å². The summed E-state index contributed by atoms with van der Waals surface area (Å²) in [5.41, 5.74) is 0.198. The van der Waals surface area contributed by atoms with Crippen LogP contribution in [0.5, 0.6) is 5.75 Å². The van der Waals surface area contributed by atoms with Crippen molar-refractivity contribution in [2.45, 2.75) is 20.8 Å². The molecule has 1 amide bonds. The summed E-state index contributed by atoms with van der Waals surface area (Å²) in [4.78, 5) is 12.0. The summed E-state index contributed by atoms with van der Waals surface area (Å²) < 4.78 is 5.41. The molecule has 1 rings (SSSR count). The van der Waals surface area contributed by atoms with Crippen molar-refractivity contribution in [3.05, 3.63) is 29.8 Å². The van der Waals surface area contributed by atoms with Gasteiger partial charge in [-0.1, -0.05) is 26.0 Å². The van der Waals surface area contributed by atoms with Crippen molar-refractivity contribution < 1.29 is 14.6 Å². The molecule has 0 aliphatic carbocycles. The normalized spacial score (nSPS) is 11.1. The van der Waals surface area contributed by atoms with E-state index >= 15 is 0 Å². The monoisotopic (exact) mass is 251 g/mol. The molecule has 0 fully saturated rings. The van der Waals surface area contributed by atoms with Gasteiger partial charge >= 0.3 is 0 Å². The van der Waals surface area contributed by atoms with Gasteiger partial charge in [0.2, 0.25) is 0 Å². The number of benzene rings is 1. The first-order valence-corrected chi connectivity index (χ1v) is 6.11. The smallest absolute Gasteiger partial charge is 0.255 e. The van der Waals surface area contributed by atoms with Crippen molar-refractivity contribution in [2.24, 2.45) is 5.41 Å². The number of carbonyl (C=O) groups excluding carboxylic acids is 1. The van der Waals surface area contributed by atoms with Gasteiger partial charge in [-0.3, -0.25) is 4.79 Å². The number of rotatable bonds is 6. The first kappa shape index (κ1) is 14.5. The molecule has 0 aliphatic rings. The second kappa shape index (κ2) is 6.40. The molecule has 0 saturated carbocycles. The highest BCUT2D eigenvalue weighted by Crippen LogP contribution is 2.18. The van der Waals surface area contributed by atoms with E-state index in [1.807, 2.05) is 26.8 Å². The minimum absolute atomic E-state index is 0.0282. The Bertz CT molecular complexity index is 402. The van der Waals surface area contributed by atoms with Gasteiger partial charge in [0.05, 0.1) is 12.2 Å². The van der Waals surface area contributed by atoms with Crippen LogP contribution < -0.4 is 10.1 Å². The molecule has 1 aromatic rings. The summed E-state index contributed by atoms with van der Waals surface area (Å²) in [6.07, 6.45) is 0.